The van der Waals surface area contributed by atoms with Crippen LogP contribution >= 0.6 is 0 Å². The molecule has 0 spiro atoms. The van der Waals surface area contributed by atoms with Crippen molar-refractivity contribution in [3.8, 4) is 5.75 Å². The molecule has 2 aromatic heterocycles. The molecule has 0 saturated carbocycles. The fourth-order valence-corrected chi connectivity index (χ4v) is 4.44. The molecule has 1 aliphatic rings. The smallest absolute Gasteiger partial charge is 0.316 e. The molecule has 2 N–H and O–H groups in total. The summed E-state index contributed by atoms with van der Waals surface area (Å²) in [7, 11) is 3.41. The number of anilines is 1. The van der Waals surface area contributed by atoms with Crippen molar-refractivity contribution in [1.82, 2.24) is 20.4 Å². The summed E-state index contributed by atoms with van der Waals surface area (Å²) >= 11 is 0. The minimum atomic E-state index is -0.600. The Morgan fingerprint density at radius 2 is 2.09 bits per heavy atom. The predicted molar refractivity (Wildman–Crippen MR) is 121 cm³/mol. The molecular weight excluding hydrogens is 410 g/mol. The fraction of sp³-hybridized carbons (Fsp3) is 0.435. The number of methoxy groups -OCH3 is 1. The van der Waals surface area contributed by atoms with Crippen molar-refractivity contribution < 1.29 is 18.7 Å². The summed E-state index contributed by atoms with van der Waals surface area (Å²) in [5, 5.41) is 10.8. The van der Waals surface area contributed by atoms with Crippen molar-refractivity contribution in [2.75, 3.05) is 12.0 Å². The van der Waals surface area contributed by atoms with Crippen LogP contribution in [0.4, 0.5) is 10.5 Å². The van der Waals surface area contributed by atoms with E-state index in [4.69, 9.17) is 9.15 Å². The van der Waals surface area contributed by atoms with Crippen molar-refractivity contribution in [2.24, 2.45) is 7.05 Å². The average Bonchev–Trinajstić information content (AvgIpc) is 3.38. The van der Waals surface area contributed by atoms with E-state index in [9.17, 15) is 9.59 Å². The van der Waals surface area contributed by atoms with Crippen LogP contribution in [0.25, 0.3) is 11.0 Å². The van der Waals surface area contributed by atoms with Crippen LogP contribution in [-0.4, -0.2) is 40.9 Å². The van der Waals surface area contributed by atoms with Gasteiger partial charge in [-0.1, -0.05) is 0 Å². The van der Waals surface area contributed by atoms with Crippen LogP contribution in [0.15, 0.2) is 28.9 Å². The van der Waals surface area contributed by atoms with Crippen LogP contribution < -0.4 is 20.3 Å². The number of carbonyl (C=O) groups is 2. The first kappa shape index (κ1) is 21.7. The van der Waals surface area contributed by atoms with Gasteiger partial charge in [0.05, 0.1) is 25.0 Å². The van der Waals surface area contributed by atoms with Crippen LogP contribution in [0.2, 0.25) is 0 Å². The van der Waals surface area contributed by atoms with Crippen LogP contribution in [0.5, 0.6) is 5.75 Å². The zero-order valence-corrected chi connectivity index (χ0v) is 19.2. The molecule has 0 aliphatic carbocycles. The number of aromatic nitrogens is 2. The molecule has 9 nitrogen and oxygen atoms in total. The maximum absolute atomic E-state index is 12.9. The number of rotatable bonds is 5. The molecule has 0 bridgehead atoms. The Morgan fingerprint density at radius 1 is 1.34 bits per heavy atom. The molecule has 3 atom stereocenters. The lowest BCUT2D eigenvalue weighted by Gasteiger charge is -2.19. The summed E-state index contributed by atoms with van der Waals surface area (Å²) in [5.74, 6) is 1.17. The number of urea groups is 1. The molecule has 1 saturated heterocycles. The molecule has 3 unspecified atom stereocenters. The highest BCUT2D eigenvalue weighted by atomic mass is 16.5. The van der Waals surface area contributed by atoms with E-state index < -0.39 is 18.1 Å². The van der Waals surface area contributed by atoms with Crippen molar-refractivity contribution in [3.05, 3.63) is 41.4 Å². The van der Waals surface area contributed by atoms with Crippen LogP contribution in [0.1, 0.15) is 43.2 Å². The Kier molecular flexibility index (Phi) is 5.58. The quantitative estimate of drug-likeness (QED) is 0.635. The van der Waals surface area contributed by atoms with Gasteiger partial charge >= 0.3 is 6.03 Å². The van der Waals surface area contributed by atoms with Gasteiger partial charge < -0.3 is 24.7 Å². The molecule has 32 heavy (non-hydrogen) atoms. The van der Waals surface area contributed by atoms with Gasteiger partial charge in [-0.05, 0) is 51.8 Å². The topological polar surface area (TPSA) is 102 Å². The number of nitrogens with one attached hydrogen (secondary N) is 2. The number of furan rings is 1. The third-order valence-corrected chi connectivity index (χ3v) is 5.97. The SMILES string of the molecule is COc1cc(C)cc2c(C)c(C(C)NC(=O)NC3CC(C)N(c4cnn(C)c4)C3=O)oc12. The van der Waals surface area contributed by atoms with E-state index in [1.165, 1.54) is 0 Å². The number of amides is 3. The first-order valence-corrected chi connectivity index (χ1v) is 10.7. The van der Waals surface area contributed by atoms with Crippen molar-refractivity contribution in [1.29, 1.82) is 0 Å². The van der Waals surface area contributed by atoms with Gasteiger partial charge in [0.2, 0.25) is 5.91 Å². The first-order chi connectivity index (χ1) is 15.2. The number of hydrogen-bond donors (Lipinski definition) is 2. The summed E-state index contributed by atoms with van der Waals surface area (Å²) in [5.41, 5.74) is 3.40. The second-order valence-electron chi connectivity index (χ2n) is 8.49. The van der Waals surface area contributed by atoms with Gasteiger partial charge in [0.1, 0.15) is 11.8 Å². The van der Waals surface area contributed by atoms with Gasteiger partial charge in [-0.2, -0.15) is 5.10 Å². The molecule has 4 rings (SSSR count). The van der Waals surface area contributed by atoms with Crippen molar-refractivity contribution in [2.45, 2.75) is 52.2 Å². The summed E-state index contributed by atoms with van der Waals surface area (Å²) in [6.07, 6.45) is 3.97. The Hall–Kier alpha value is -3.49. The zero-order chi connectivity index (χ0) is 23.2. The Balaban J connectivity index is 1.47. The van der Waals surface area contributed by atoms with E-state index in [1.807, 2.05) is 39.8 Å². The number of nitrogens with zero attached hydrogens (tertiary/aromatic N) is 3. The molecular formula is C23H29N5O4. The monoisotopic (exact) mass is 439 g/mol. The van der Waals surface area contributed by atoms with Crippen LogP contribution in [0, 0.1) is 13.8 Å². The second-order valence-corrected chi connectivity index (χ2v) is 8.49. The molecule has 1 fully saturated rings. The summed E-state index contributed by atoms with van der Waals surface area (Å²) < 4.78 is 13.2. The van der Waals surface area contributed by atoms with Gasteiger partial charge in [-0.15, -0.1) is 0 Å². The summed E-state index contributed by atoms with van der Waals surface area (Å²) in [6.45, 7) is 7.77. The molecule has 0 radical (unpaired) electrons. The van der Waals surface area contributed by atoms with Crippen LogP contribution in [-0.2, 0) is 11.8 Å². The Bertz CT molecular complexity index is 1180. The number of benzene rings is 1. The van der Waals surface area contributed by atoms with Gasteiger partial charge in [0.15, 0.2) is 11.3 Å². The van der Waals surface area contributed by atoms with E-state index in [0.29, 0.717) is 23.5 Å². The maximum Gasteiger partial charge on any atom is 0.316 e. The minimum Gasteiger partial charge on any atom is -0.493 e. The lowest BCUT2D eigenvalue weighted by molar-refractivity contribution is -0.118. The minimum absolute atomic E-state index is 0.0391. The van der Waals surface area contributed by atoms with Gasteiger partial charge in [-0.3, -0.25) is 9.48 Å². The highest BCUT2D eigenvalue weighted by Gasteiger charge is 2.39. The van der Waals surface area contributed by atoms with E-state index in [-0.39, 0.29) is 11.9 Å². The maximum atomic E-state index is 12.9. The molecule has 9 heteroatoms. The highest BCUT2D eigenvalue weighted by molar-refractivity contribution is 6.01. The summed E-state index contributed by atoms with van der Waals surface area (Å²) in [6, 6.07) is 2.51. The average molecular weight is 440 g/mol. The summed E-state index contributed by atoms with van der Waals surface area (Å²) in [4.78, 5) is 27.3. The van der Waals surface area contributed by atoms with Crippen LogP contribution in [0.3, 0.4) is 0 Å². The van der Waals surface area contributed by atoms with Gasteiger partial charge in [0.25, 0.3) is 0 Å². The Morgan fingerprint density at radius 3 is 2.75 bits per heavy atom. The largest absolute Gasteiger partial charge is 0.493 e. The van der Waals surface area contributed by atoms with Crippen molar-refractivity contribution >= 4 is 28.6 Å². The number of carbonyl (C=O) groups excluding carboxylic acids is 2. The molecule has 1 aliphatic heterocycles. The predicted octanol–water partition coefficient (Wildman–Crippen LogP) is 3.35. The third kappa shape index (κ3) is 3.79. The fourth-order valence-electron chi connectivity index (χ4n) is 4.44. The number of fused-ring (bicyclic) bond motifs is 1. The first-order valence-electron chi connectivity index (χ1n) is 10.7. The molecule has 170 valence electrons. The van der Waals surface area contributed by atoms with Gasteiger partial charge in [0, 0.05) is 30.2 Å². The lowest BCUT2D eigenvalue weighted by atomic mass is 10.1. The van der Waals surface area contributed by atoms with Crippen molar-refractivity contribution in [3.63, 3.8) is 0 Å². The zero-order valence-electron chi connectivity index (χ0n) is 19.2. The normalized spacial score (nSPS) is 19.4. The standard InChI is InChI=1S/C23H29N5O4/c1-12-7-17-14(3)20(32-21(17)19(8-12)31-6)15(4)25-23(30)26-18-9-13(2)28(22(18)29)16-10-24-27(5)11-16/h7-8,10-11,13,15,18H,9H2,1-6H3,(H2,25,26,30). The Labute approximate surface area is 186 Å². The molecule has 3 heterocycles. The van der Waals surface area contributed by atoms with E-state index >= 15 is 0 Å². The second kappa shape index (κ2) is 8.22. The lowest BCUT2D eigenvalue weighted by Crippen LogP contribution is -2.46. The number of hydrogen-bond acceptors (Lipinski definition) is 5. The van der Waals surface area contributed by atoms with E-state index in [2.05, 4.69) is 15.7 Å². The number of ether oxygens (including phenoxy) is 1. The third-order valence-electron chi connectivity index (χ3n) is 5.97. The molecule has 3 aromatic rings. The molecule has 3 amide bonds. The number of aryl methyl sites for hydroxylation is 3. The van der Waals surface area contributed by atoms with Gasteiger partial charge in [-0.25, -0.2) is 4.79 Å². The van der Waals surface area contributed by atoms with E-state index in [0.717, 1.165) is 22.2 Å². The molecule has 1 aromatic carbocycles. The van der Waals surface area contributed by atoms with E-state index in [1.54, 1.807) is 36.1 Å². The highest BCUT2D eigenvalue weighted by Crippen LogP contribution is 2.36.